The number of carbonyl (C=O) groups excluding carboxylic acids is 1. The van der Waals surface area contributed by atoms with Crippen molar-refractivity contribution in [1.29, 1.82) is 0 Å². The van der Waals surface area contributed by atoms with Gasteiger partial charge in [0.15, 0.2) is 0 Å². The lowest BCUT2D eigenvalue weighted by Gasteiger charge is -2.17. The fourth-order valence-corrected chi connectivity index (χ4v) is 2.14. The van der Waals surface area contributed by atoms with Crippen LogP contribution >= 0.6 is 0 Å². The average Bonchev–Trinajstić information content (AvgIpc) is 2.91. The van der Waals surface area contributed by atoms with Gasteiger partial charge in [-0.25, -0.2) is 4.79 Å². The van der Waals surface area contributed by atoms with Crippen molar-refractivity contribution in [2.75, 3.05) is 14.2 Å². The Balaban J connectivity index is 1.89. The molecule has 6 nitrogen and oxygen atoms in total. The Kier molecular flexibility index (Phi) is 5.55. The summed E-state index contributed by atoms with van der Waals surface area (Å²) in [6.07, 6.45) is 0. The van der Waals surface area contributed by atoms with Crippen LogP contribution in [0, 0.1) is 6.92 Å². The standard InChI is InChI=1S/C16H21N3O3/c1-12-8-15(18-22-12)10-19(2)16(20)17-9-13-6-4-5-7-14(13)11-21-3/h4-8H,9-11H2,1-3H3,(H,17,20). The SMILES string of the molecule is COCc1ccccc1CNC(=O)N(C)Cc1cc(C)on1. The minimum absolute atomic E-state index is 0.159. The Bertz CT molecular complexity index is 625. The molecular formula is C16H21N3O3. The molecule has 0 aliphatic rings. The molecule has 1 aromatic carbocycles. The zero-order chi connectivity index (χ0) is 15.9. The average molecular weight is 303 g/mol. The molecule has 0 saturated carbocycles. The van der Waals surface area contributed by atoms with Gasteiger partial charge in [-0.1, -0.05) is 29.4 Å². The second-order valence-corrected chi connectivity index (χ2v) is 5.15. The highest BCUT2D eigenvalue weighted by Gasteiger charge is 2.12. The van der Waals surface area contributed by atoms with Crippen LogP contribution in [-0.2, 0) is 24.4 Å². The van der Waals surface area contributed by atoms with Crippen molar-refractivity contribution in [3.05, 3.63) is 52.9 Å². The molecule has 1 aromatic heterocycles. The van der Waals surface area contributed by atoms with E-state index in [9.17, 15) is 4.79 Å². The number of methoxy groups -OCH3 is 1. The van der Waals surface area contributed by atoms with E-state index in [0.717, 1.165) is 22.6 Å². The minimum Gasteiger partial charge on any atom is -0.380 e. The zero-order valence-corrected chi connectivity index (χ0v) is 13.1. The van der Waals surface area contributed by atoms with Crippen molar-refractivity contribution >= 4 is 6.03 Å². The van der Waals surface area contributed by atoms with Crippen LogP contribution in [0.25, 0.3) is 0 Å². The first-order valence-electron chi connectivity index (χ1n) is 7.07. The second-order valence-electron chi connectivity index (χ2n) is 5.15. The van der Waals surface area contributed by atoms with Crippen LogP contribution in [0.5, 0.6) is 0 Å². The molecule has 2 rings (SSSR count). The van der Waals surface area contributed by atoms with Gasteiger partial charge in [0.05, 0.1) is 13.2 Å². The molecule has 0 unspecified atom stereocenters. The molecule has 0 bridgehead atoms. The summed E-state index contributed by atoms with van der Waals surface area (Å²) in [5.74, 6) is 0.734. The normalized spacial score (nSPS) is 10.5. The molecule has 1 heterocycles. The summed E-state index contributed by atoms with van der Waals surface area (Å²) in [6, 6.07) is 9.54. The highest BCUT2D eigenvalue weighted by molar-refractivity contribution is 5.73. The van der Waals surface area contributed by atoms with Gasteiger partial charge >= 0.3 is 6.03 Å². The summed E-state index contributed by atoms with van der Waals surface area (Å²) in [7, 11) is 3.38. The number of benzene rings is 1. The third-order valence-corrected chi connectivity index (χ3v) is 3.27. The molecule has 2 amide bonds. The number of hydrogen-bond acceptors (Lipinski definition) is 4. The molecule has 0 fully saturated rings. The summed E-state index contributed by atoms with van der Waals surface area (Å²) in [6.45, 7) is 3.22. The Hall–Kier alpha value is -2.34. The number of aromatic nitrogens is 1. The van der Waals surface area contributed by atoms with Crippen LogP contribution in [0.2, 0.25) is 0 Å². The van der Waals surface area contributed by atoms with Crippen molar-refractivity contribution in [2.24, 2.45) is 0 Å². The summed E-state index contributed by atoms with van der Waals surface area (Å²) < 4.78 is 10.2. The fraction of sp³-hybridized carbons (Fsp3) is 0.375. The molecule has 118 valence electrons. The highest BCUT2D eigenvalue weighted by Crippen LogP contribution is 2.10. The smallest absolute Gasteiger partial charge is 0.317 e. The van der Waals surface area contributed by atoms with Crippen molar-refractivity contribution in [3.8, 4) is 0 Å². The Morgan fingerprint density at radius 1 is 1.36 bits per heavy atom. The van der Waals surface area contributed by atoms with Gasteiger partial charge in [-0.3, -0.25) is 0 Å². The summed E-state index contributed by atoms with van der Waals surface area (Å²) >= 11 is 0. The lowest BCUT2D eigenvalue weighted by Crippen LogP contribution is -2.36. The van der Waals surface area contributed by atoms with Gasteiger partial charge in [0.1, 0.15) is 11.5 Å². The number of rotatable bonds is 6. The molecule has 0 atom stereocenters. The molecule has 22 heavy (non-hydrogen) atoms. The lowest BCUT2D eigenvalue weighted by atomic mass is 10.1. The molecule has 0 saturated heterocycles. The van der Waals surface area contributed by atoms with E-state index in [1.165, 1.54) is 0 Å². The van der Waals surface area contributed by atoms with Crippen molar-refractivity contribution in [2.45, 2.75) is 26.6 Å². The molecule has 1 N–H and O–H groups in total. The quantitative estimate of drug-likeness (QED) is 0.890. The topological polar surface area (TPSA) is 67.6 Å². The number of carbonyl (C=O) groups is 1. The predicted octanol–water partition coefficient (Wildman–Crippen LogP) is 2.47. The van der Waals surface area contributed by atoms with Crippen LogP contribution in [0.4, 0.5) is 4.79 Å². The third-order valence-electron chi connectivity index (χ3n) is 3.27. The molecular weight excluding hydrogens is 282 g/mol. The van der Waals surface area contributed by atoms with Gasteiger partial charge in [0.25, 0.3) is 0 Å². The van der Waals surface area contributed by atoms with Crippen molar-refractivity contribution in [3.63, 3.8) is 0 Å². The molecule has 0 aliphatic heterocycles. The molecule has 0 radical (unpaired) electrons. The first-order chi connectivity index (χ1) is 10.6. The summed E-state index contributed by atoms with van der Waals surface area (Å²) in [5, 5.41) is 6.78. The number of amides is 2. The first-order valence-corrected chi connectivity index (χ1v) is 7.07. The van der Waals surface area contributed by atoms with Gasteiger partial charge in [0, 0.05) is 26.8 Å². The largest absolute Gasteiger partial charge is 0.380 e. The van der Waals surface area contributed by atoms with E-state index in [-0.39, 0.29) is 6.03 Å². The first kappa shape index (κ1) is 16.0. The second kappa shape index (κ2) is 7.61. The van der Waals surface area contributed by atoms with Crippen LogP contribution < -0.4 is 5.32 Å². The predicted molar refractivity (Wildman–Crippen MR) is 82.1 cm³/mol. The Labute approximate surface area is 130 Å². The van der Waals surface area contributed by atoms with E-state index in [1.54, 1.807) is 19.1 Å². The number of nitrogens with zero attached hydrogens (tertiary/aromatic N) is 2. The molecule has 6 heteroatoms. The fourth-order valence-electron chi connectivity index (χ4n) is 2.14. The molecule has 2 aromatic rings. The van der Waals surface area contributed by atoms with E-state index in [4.69, 9.17) is 9.26 Å². The Morgan fingerprint density at radius 3 is 2.73 bits per heavy atom. The maximum atomic E-state index is 12.1. The van der Waals surface area contributed by atoms with Gasteiger partial charge in [0.2, 0.25) is 0 Å². The van der Waals surface area contributed by atoms with E-state index in [1.807, 2.05) is 37.3 Å². The summed E-state index contributed by atoms with van der Waals surface area (Å²) in [4.78, 5) is 13.7. The van der Waals surface area contributed by atoms with Gasteiger partial charge in [-0.15, -0.1) is 0 Å². The van der Waals surface area contributed by atoms with Crippen LogP contribution in [0.15, 0.2) is 34.9 Å². The maximum absolute atomic E-state index is 12.1. The number of nitrogens with one attached hydrogen (secondary N) is 1. The van der Waals surface area contributed by atoms with Crippen molar-refractivity contribution in [1.82, 2.24) is 15.4 Å². The van der Waals surface area contributed by atoms with E-state index < -0.39 is 0 Å². The van der Waals surface area contributed by atoms with Crippen LogP contribution in [-0.4, -0.2) is 30.2 Å². The van der Waals surface area contributed by atoms with E-state index in [2.05, 4.69) is 10.5 Å². The highest BCUT2D eigenvalue weighted by atomic mass is 16.5. The number of urea groups is 1. The maximum Gasteiger partial charge on any atom is 0.317 e. The van der Waals surface area contributed by atoms with E-state index >= 15 is 0 Å². The zero-order valence-electron chi connectivity index (χ0n) is 13.1. The summed E-state index contributed by atoms with van der Waals surface area (Å²) in [5.41, 5.74) is 2.85. The Morgan fingerprint density at radius 2 is 2.09 bits per heavy atom. The van der Waals surface area contributed by atoms with Crippen LogP contribution in [0.1, 0.15) is 22.6 Å². The number of aryl methyl sites for hydroxylation is 1. The number of ether oxygens (including phenoxy) is 1. The van der Waals surface area contributed by atoms with Gasteiger partial charge in [-0.2, -0.15) is 0 Å². The minimum atomic E-state index is -0.159. The van der Waals surface area contributed by atoms with E-state index in [0.29, 0.717) is 19.7 Å². The van der Waals surface area contributed by atoms with Gasteiger partial charge in [-0.05, 0) is 18.1 Å². The van der Waals surface area contributed by atoms with Crippen molar-refractivity contribution < 1.29 is 14.1 Å². The number of hydrogen-bond donors (Lipinski definition) is 1. The lowest BCUT2D eigenvalue weighted by molar-refractivity contribution is 0.183. The third kappa shape index (κ3) is 4.33. The molecule has 0 spiro atoms. The van der Waals surface area contributed by atoms with Gasteiger partial charge < -0.3 is 19.5 Å². The monoisotopic (exact) mass is 303 g/mol. The van der Waals surface area contributed by atoms with Crippen LogP contribution in [0.3, 0.4) is 0 Å². The molecule has 0 aliphatic carbocycles.